The number of hydrogen-bond donors (Lipinski definition) is 5. The molecular weight excluding hydrogens is 668 g/mol. The van der Waals surface area contributed by atoms with Crippen molar-refractivity contribution in [2.45, 2.75) is 9.79 Å². The third kappa shape index (κ3) is 12.0. The molecule has 2 aromatic carbocycles. The lowest BCUT2D eigenvalue weighted by Gasteiger charge is -1.99. The lowest BCUT2D eigenvalue weighted by molar-refractivity contribution is 0.102. The van der Waals surface area contributed by atoms with E-state index in [1.165, 1.54) is 47.7 Å². The third-order valence-corrected chi connectivity index (χ3v) is 6.67. The molecule has 0 spiro atoms. The van der Waals surface area contributed by atoms with E-state index in [-0.39, 0.29) is 43.0 Å². The summed E-state index contributed by atoms with van der Waals surface area (Å²) >= 11 is 8.44. The number of thiazole rings is 1. The first-order valence-corrected chi connectivity index (χ1v) is 14.3. The summed E-state index contributed by atoms with van der Waals surface area (Å²) in [5.41, 5.74) is 16.7. The van der Waals surface area contributed by atoms with E-state index in [1.807, 2.05) is 0 Å². The number of aromatic nitrogens is 1. The molecule has 0 fully saturated rings. The van der Waals surface area contributed by atoms with E-state index in [4.69, 9.17) is 16.0 Å². The number of nitrogen functional groups attached to an aromatic ring is 1. The third-order valence-electron chi connectivity index (χ3n) is 3.63. The molecule has 192 valence electrons. The van der Waals surface area contributed by atoms with Gasteiger partial charge in [-0.2, -0.15) is 0 Å². The standard InChI is InChI=1S/C9H9N3O2S2.C8H8BrNO3S.CH4N2S.BrH/c10-9-12-8(5-15-9)6-1-3-7(4-2-6)16(11,13)14;9-5-8(11)6-1-3-7(4-2-6)14(10,12)13;2-1(3)4;/h1-5H,(H2,10,12)(H2,11,13,14);1-4H,5H2,(H2,10,12,13);(H4,2,3,4);1H. The van der Waals surface area contributed by atoms with Crippen LogP contribution < -0.4 is 27.5 Å². The first-order valence-electron chi connectivity index (χ1n) is 8.76. The second kappa shape index (κ2) is 14.5. The van der Waals surface area contributed by atoms with Crippen LogP contribution in [0.25, 0.3) is 11.3 Å². The first kappa shape index (κ1) is 33.0. The van der Waals surface area contributed by atoms with Crippen molar-refractivity contribution in [2.24, 2.45) is 21.7 Å². The molecule has 0 bridgehead atoms. The maximum absolute atomic E-state index is 11.1. The van der Waals surface area contributed by atoms with Crippen molar-refractivity contribution in [1.29, 1.82) is 0 Å². The van der Waals surface area contributed by atoms with Gasteiger partial charge in [-0.1, -0.05) is 40.2 Å². The SMILES string of the molecule is Br.NC(N)=S.NS(=O)(=O)c1ccc(C(=O)CBr)cc1.Nc1nc(-c2ccc(S(N)(=O)=O)cc2)cs1. The second-order valence-corrected chi connectivity index (χ2v) is 11.2. The number of nitrogens with zero attached hydrogens (tertiary/aromatic N) is 1. The Hall–Kier alpha value is -1.99. The van der Waals surface area contributed by atoms with Gasteiger partial charge < -0.3 is 17.2 Å². The summed E-state index contributed by atoms with van der Waals surface area (Å²) in [5, 5.41) is 12.4. The van der Waals surface area contributed by atoms with Crippen molar-refractivity contribution in [1.82, 2.24) is 4.98 Å². The van der Waals surface area contributed by atoms with Gasteiger partial charge in [-0.05, 0) is 36.5 Å². The summed E-state index contributed by atoms with van der Waals surface area (Å²) < 4.78 is 43.8. The van der Waals surface area contributed by atoms with E-state index in [2.05, 4.69) is 44.6 Å². The van der Waals surface area contributed by atoms with Crippen LogP contribution >= 0.6 is 56.5 Å². The molecule has 0 saturated carbocycles. The van der Waals surface area contributed by atoms with Crippen LogP contribution in [0.4, 0.5) is 5.13 Å². The fourth-order valence-corrected chi connectivity index (χ4v) is 4.07. The van der Waals surface area contributed by atoms with E-state index >= 15 is 0 Å². The number of hydrogen-bond acceptors (Lipinski definition) is 9. The Morgan fingerprint density at radius 3 is 1.63 bits per heavy atom. The summed E-state index contributed by atoms with van der Waals surface area (Å²) in [5.74, 6) is -0.106. The molecule has 35 heavy (non-hydrogen) atoms. The molecule has 0 aliphatic rings. The highest BCUT2D eigenvalue weighted by molar-refractivity contribution is 9.09. The molecule has 0 saturated heterocycles. The predicted octanol–water partition coefficient (Wildman–Crippen LogP) is 1.72. The zero-order valence-corrected chi connectivity index (χ0v) is 24.3. The number of halogens is 2. The highest BCUT2D eigenvalue weighted by Crippen LogP contribution is 2.23. The molecule has 11 nitrogen and oxygen atoms in total. The normalized spacial score (nSPS) is 10.5. The summed E-state index contributed by atoms with van der Waals surface area (Å²) in [7, 11) is -7.31. The Morgan fingerprint density at radius 2 is 1.31 bits per heavy atom. The van der Waals surface area contributed by atoms with Gasteiger partial charge in [0.25, 0.3) is 0 Å². The van der Waals surface area contributed by atoms with Gasteiger partial charge in [-0.25, -0.2) is 32.1 Å². The number of Topliss-reactive ketones (excluding diaryl/α,β-unsaturated/α-hetero) is 1. The molecular formula is C18H22Br2N6O5S4. The molecule has 0 radical (unpaired) electrons. The largest absolute Gasteiger partial charge is 0.377 e. The fraction of sp³-hybridized carbons (Fsp3) is 0.0556. The van der Waals surface area contributed by atoms with Gasteiger partial charge in [0.05, 0.1) is 20.8 Å². The van der Waals surface area contributed by atoms with Crippen LogP contribution in [-0.2, 0) is 20.0 Å². The molecule has 1 aromatic heterocycles. The van der Waals surface area contributed by atoms with Crippen LogP contribution in [0, 0.1) is 0 Å². The second-order valence-electron chi connectivity index (χ2n) is 6.17. The molecule has 10 N–H and O–H groups in total. The van der Waals surface area contributed by atoms with Crippen LogP contribution in [0.1, 0.15) is 10.4 Å². The highest BCUT2D eigenvalue weighted by atomic mass is 79.9. The van der Waals surface area contributed by atoms with Crippen molar-refractivity contribution in [3.05, 3.63) is 59.5 Å². The Balaban J connectivity index is 0.000000564. The number of ketones is 1. The van der Waals surface area contributed by atoms with Gasteiger partial charge in [0.15, 0.2) is 16.0 Å². The van der Waals surface area contributed by atoms with Crippen LogP contribution in [0.2, 0.25) is 0 Å². The van der Waals surface area contributed by atoms with E-state index in [0.717, 1.165) is 11.3 Å². The summed E-state index contributed by atoms with van der Waals surface area (Å²) in [4.78, 5) is 15.3. The predicted molar refractivity (Wildman–Crippen MR) is 151 cm³/mol. The lowest BCUT2D eigenvalue weighted by Crippen LogP contribution is -2.18. The molecule has 0 unspecified atom stereocenters. The minimum absolute atomic E-state index is 0. The number of carbonyl (C=O) groups excluding carboxylic acids is 1. The van der Waals surface area contributed by atoms with Crippen molar-refractivity contribution in [2.75, 3.05) is 11.1 Å². The molecule has 1 heterocycles. The average Bonchev–Trinajstić information content (AvgIpc) is 3.18. The Bertz CT molecular complexity index is 1340. The topological polar surface area (TPSA) is 228 Å². The minimum atomic E-state index is -3.68. The lowest BCUT2D eigenvalue weighted by atomic mass is 10.2. The average molecular weight is 690 g/mol. The van der Waals surface area contributed by atoms with Crippen molar-refractivity contribution in [3.8, 4) is 11.3 Å². The first-order chi connectivity index (χ1) is 15.6. The molecule has 3 rings (SSSR count). The number of rotatable bonds is 5. The van der Waals surface area contributed by atoms with Gasteiger partial charge in [0.1, 0.15) is 0 Å². The van der Waals surface area contributed by atoms with Crippen molar-refractivity contribution < 1.29 is 21.6 Å². The van der Waals surface area contributed by atoms with Gasteiger partial charge >= 0.3 is 0 Å². The summed E-state index contributed by atoms with van der Waals surface area (Å²) in [6, 6.07) is 11.7. The summed E-state index contributed by atoms with van der Waals surface area (Å²) in [6.45, 7) is 0. The monoisotopic (exact) mass is 688 g/mol. The number of primary sulfonamides is 2. The number of benzene rings is 2. The zero-order chi connectivity index (χ0) is 26.1. The number of anilines is 1. The van der Waals surface area contributed by atoms with Crippen LogP contribution in [-0.4, -0.2) is 38.0 Å². The van der Waals surface area contributed by atoms with Crippen LogP contribution in [0.15, 0.2) is 63.7 Å². The van der Waals surface area contributed by atoms with E-state index < -0.39 is 20.0 Å². The van der Waals surface area contributed by atoms with Crippen molar-refractivity contribution in [3.63, 3.8) is 0 Å². The quantitative estimate of drug-likeness (QED) is 0.148. The van der Waals surface area contributed by atoms with Gasteiger partial charge in [0.2, 0.25) is 20.0 Å². The fourth-order valence-electron chi connectivity index (χ4n) is 2.14. The Labute approximate surface area is 231 Å². The van der Waals surface area contributed by atoms with Gasteiger partial charge in [-0.15, -0.1) is 28.3 Å². The zero-order valence-electron chi connectivity index (χ0n) is 17.7. The number of sulfonamides is 2. The number of thiocarbonyl (C=S) groups is 1. The Kier molecular flexibility index (Phi) is 13.7. The smallest absolute Gasteiger partial charge is 0.238 e. The van der Waals surface area contributed by atoms with Crippen molar-refractivity contribution >= 4 is 92.5 Å². The van der Waals surface area contributed by atoms with E-state index in [1.54, 1.807) is 17.5 Å². The summed E-state index contributed by atoms with van der Waals surface area (Å²) in [6.07, 6.45) is 0. The van der Waals surface area contributed by atoms with Gasteiger partial charge in [0, 0.05) is 16.5 Å². The molecule has 0 atom stereocenters. The molecule has 3 aromatic rings. The Morgan fingerprint density at radius 1 is 0.914 bits per heavy atom. The van der Waals surface area contributed by atoms with E-state index in [9.17, 15) is 21.6 Å². The molecule has 0 aliphatic heterocycles. The maximum Gasteiger partial charge on any atom is 0.238 e. The van der Waals surface area contributed by atoms with Gasteiger partial charge in [-0.3, -0.25) is 4.79 Å². The van der Waals surface area contributed by atoms with Crippen LogP contribution in [0.5, 0.6) is 0 Å². The molecule has 0 aliphatic carbocycles. The molecule has 17 heteroatoms. The van der Waals surface area contributed by atoms with E-state index in [0.29, 0.717) is 10.7 Å². The number of alkyl halides is 1. The number of carbonyl (C=O) groups is 1. The minimum Gasteiger partial charge on any atom is -0.377 e. The highest BCUT2D eigenvalue weighted by Gasteiger charge is 2.09. The molecule has 0 amide bonds. The van der Waals surface area contributed by atoms with Crippen LogP contribution in [0.3, 0.4) is 0 Å². The number of nitrogens with two attached hydrogens (primary N) is 5. The maximum atomic E-state index is 11.1.